The van der Waals surface area contributed by atoms with Crippen LogP contribution in [0.25, 0.3) is 0 Å². The normalized spacial score (nSPS) is 14.4. The molecule has 0 saturated heterocycles. The fourth-order valence-corrected chi connectivity index (χ4v) is 6.52. The minimum absolute atomic E-state index is 0.0152. The van der Waals surface area contributed by atoms with Gasteiger partial charge in [-0.15, -0.1) is 0 Å². The number of amides is 2. The van der Waals surface area contributed by atoms with Crippen LogP contribution in [0.4, 0.5) is 11.4 Å². The minimum atomic E-state index is -4.33. The van der Waals surface area contributed by atoms with Gasteiger partial charge >= 0.3 is 0 Å². The van der Waals surface area contributed by atoms with Crippen LogP contribution >= 0.6 is 0 Å². The third-order valence-corrected chi connectivity index (χ3v) is 9.36. The summed E-state index contributed by atoms with van der Waals surface area (Å²) in [5, 5.41) is 14.6. The van der Waals surface area contributed by atoms with Crippen LogP contribution in [0.2, 0.25) is 0 Å². The molecule has 3 aromatic carbocycles. The number of methoxy groups -OCH3 is 1. The van der Waals surface area contributed by atoms with Crippen molar-refractivity contribution in [3.63, 3.8) is 0 Å². The predicted molar refractivity (Wildman–Crippen MR) is 162 cm³/mol. The number of nitrogens with zero attached hydrogens (tertiary/aromatic N) is 3. The topological polar surface area (TPSA) is 139 Å². The molecule has 0 aliphatic heterocycles. The molecule has 1 aliphatic carbocycles. The van der Waals surface area contributed by atoms with Crippen molar-refractivity contribution in [1.82, 2.24) is 10.2 Å². The number of hydrogen-bond acceptors (Lipinski definition) is 7. The van der Waals surface area contributed by atoms with E-state index in [0.717, 1.165) is 42.5 Å². The highest BCUT2D eigenvalue weighted by atomic mass is 32.2. The predicted octanol–water partition coefficient (Wildman–Crippen LogP) is 4.66. The second-order valence-electron chi connectivity index (χ2n) is 10.5. The van der Waals surface area contributed by atoms with E-state index in [2.05, 4.69) is 5.32 Å². The number of sulfonamides is 1. The number of non-ortho nitro benzene ring substituents is 1. The quantitative estimate of drug-likeness (QED) is 0.233. The lowest BCUT2D eigenvalue weighted by atomic mass is 9.95. The van der Waals surface area contributed by atoms with Crippen molar-refractivity contribution >= 4 is 33.2 Å². The van der Waals surface area contributed by atoms with Crippen LogP contribution < -0.4 is 14.4 Å². The molecular weight excluding hydrogens is 572 g/mol. The van der Waals surface area contributed by atoms with Gasteiger partial charge in [0.15, 0.2) is 0 Å². The van der Waals surface area contributed by atoms with Crippen molar-refractivity contribution in [3.8, 4) is 5.75 Å². The Bertz CT molecular complexity index is 1530. The van der Waals surface area contributed by atoms with Crippen LogP contribution in [0.1, 0.15) is 44.6 Å². The summed E-state index contributed by atoms with van der Waals surface area (Å²) in [7, 11) is -2.79. The van der Waals surface area contributed by atoms with E-state index in [4.69, 9.17) is 4.74 Å². The molecule has 3 aromatic rings. The van der Waals surface area contributed by atoms with E-state index in [0.29, 0.717) is 11.3 Å². The van der Waals surface area contributed by atoms with E-state index in [1.165, 1.54) is 42.3 Å². The summed E-state index contributed by atoms with van der Waals surface area (Å²) in [5.74, 6) is -0.356. The lowest BCUT2D eigenvalue weighted by Gasteiger charge is -2.33. The summed E-state index contributed by atoms with van der Waals surface area (Å²) in [6.45, 7) is 0.953. The van der Waals surface area contributed by atoms with E-state index in [-0.39, 0.29) is 34.8 Å². The van der Waals surface area contributed by atoms with E-state index < -0.39 is 33.4 Å². The molecule has 0 spiro atoms. The Kier molecular flexibility index (Phi) is 10.4. The molecule has 0 heterocycles. The molecule has 1 unspecified atom stereocenters. The van der Waals surface area contributed by atoms with Gasteiger partial charge < -0.3 is 15.0 Å². The number of hydrogen-bond donors (Lipinski definition) is 1. The monoisotopic (exact) mass is 608 g/mol. The number of nitrogens with one attached hydrogen (secondary N) is 1. The molecule has 228 valence electrons. The zero-order valence-corrected chi connectivity index (χ0v) is 25.0. The summed E-state index contributed by atoms with van der Waals surface area (Å²) in [5.41, 5.74) is 0.336. The molecule has 1 N–H and O–H groups in total. The molecule has 43 heavy (non-hydrogen) atoms. The molecule has 1 atom stereocenters. The number of nitro groups is 1. The number of carbonyl (C=O) groups is 2. The average Bonchev–Trinajstić information content (AvgIpc) is 3.03. The second kappa shape index (κ2) is 14.1. The maximum absolute atomic E-state index is 14.1. The third kappa shape index (κ3) is 7.89. The maximum Gasteiger partial charge on any atom is 0.271 e. The van der Waals surface area contributed by atoms with E-state index in [1.807, 2.05) is 0 Å². The van der Waals surface area contributed by atoms with Crippen molar-refractivity contribution < 1.29 is 27.7 Å². The van der Waals surface area contributed by atoms with Gasteiger partial charge in [0, 0.05) is 24.7 Å². The first kappa shape index (κ1) is 31.5. The number of carbonyl (C=O) groups excluding carboxylic acids is 2. The Balaban J connectivity index is 1.69. The molecule has 4 rings (SSSR count). The van der Waals surface area contributed by atoms with Gasteiger partial charge in [-0.25, -0.2) is 8.42 Å². The Morgan fingerprint density at radius 2 is 1.67 bits per heavy atom. The van der Waals surface area contributed by atoms with Crippen LogP contribution in [0.3, 0.4) is 0 Å². The highest BCUT2D eigenvalue weighted by molar-refractivity contribution is 7.92. The van der Waals surface area contributed by atoms with Gasteiger partial charge in [-0.2, -0.15) is 0 Å². The first-order valence-corrected chi connectivity index (χ1v) is 15.6. The summed E-state index contributed by atoms with van der Waals surface area (Å²) in [4.78, 5) is 39.6. The maximum atomic E-state index is 14.1. The van der Waals surface area contributed by atoms with E-state index in [9.17, 15) is 28.1 Å². The first-order chi connectivity index (χ1) is 20.6. The third-order valence-electron chi connectivity index (χ3n) is 7.57. The van der Waals surface area contributed by atoms with Crippen LogP contribution in [-0.2, 0) is 26.2 Å². The molecule has 0 bridgehead atoms. The SMILES string of the molecule is COc1ccc(CN(C(=O)CN(c2cccc([N+](=O)[O-])c2)S(=O)(=O)c2ccccc2)C(C)C(=O)NC2CCCCC2)cc1. The molecule has 2 amide bonds. The summed E-state index contributed by atoms with van der Waals surface area (Å²) >= 11 is 0. The van der Waals surface area contributed by atoms with Crippen molar-refractivity contribution in [2.45, 2.75) is 62.6 Å². The largest absolute Gasteiger partial charge is 0.497 e. The molecule has 1 fully saturated rings. The van der Waals surface area contributed by atoms with E-state index in [1.54, 1.807) is 49.4 Å². The minimum Gasteiger partial charge on any atom is -0.497 e. The summed E-state index contributed by atoms with van der Waals surface area (Å²) in [6, 6.07) is 18.7. The molecule has 0 radical (unpaired) electrons. The van der Waals surface area contributed by atoms with Gasteiger partial charge in [-0.1, -0.05) is 55.7 Å². The summed E-state index contributed by atoms with van der Waals surface area (Å²) in [6.07, 6.45) is 4.88. The van der Waals surface area contributed by atoms with Crippen LogP contribution in [0.5, 0.6) is 5.75 Å². The lowest BCUT2D eigenvalue weighted by molar-refractivity contribution is -0.384. The lowest BCUT2D eigenvalue weighted by Crippen LogP contribution is -2.53. The Morgan fingerprint density at radius 3 is 2.30 bits per heavy atom. The van der Waals surface area contributed by atoms with Crippen molar-refractivity contribution in [2.24, 2.45) is 0 Å². The molecule has 12 heteroatoms. The highest BCUT2D eigenvalue weighted by Crippen LogP contribution is 2.28. The number of anilines is 1. The van der Waals surface area contributed by atoms with Crippen molar-refractivity contribution in [2.75, 3.05) is 18.0 Å². The number of rotatable bonds is 12. The molecule has 1 aliphatic rings. The van der Waals surface area contributed by atoms with Crippen molar-refractivity contribution in [1.29, 1.82) is 0 Å². The van der Waals surface area contributed by atoms with Gasteiger partial charge in [0.1, 0.15) is 18.3 Å². The average molecular weight is 609 g/mol. The van der Waals surface area contributed by atoms with Gasteiger partial charge in [0.25, 0.3) is 15.7 Å². The molecule has 1 saturated carbocycles. The Hall–Kier alpha value is -4.45. The van der Waals surface area contributed by atoms with Gasteiger partial charge in [-0.3, -0.25) is 24.0 Å². The zero-order chi connectivity index (χ0) is 31.0. The van der Waals surface area contributed by atoms with Crippen LogP contribution in [0.15, 0.2) is 83.8 Å². The van der Waals surface area contributed by atoms with Crippen LogP contribution in [0, 0.1) is 10.1 Å². The number of benzene rings is 3. The smallest absolute Gasteiger partial charge is 0.271 e. The van der Waals surface area contributed by atoms with E-state index >= 15 is 0 Å². The van der Waals surface area contributed by atoms with Crippen molar-refractivity contribution in [3.05, 3.63) is 94.5 Å². The van der Waals surface area contributed by atoms with Gasteiger partial charge in [0.05, 0.1) is 22.6 Å². The molecular formula is C31H36N4O7S. The van der Waals surface area contributed by atoms with Gasteiger partial charge in [0.2, 0.25) is 11.8 Å². The number of ether oxygens (including phenoxy) is 1. The Morgan fingerprint density at radius 1 is 1.00 bits per heavy atom. The second-order valence-corrected chi connectivity index (χ2v) is 12.4. The fraction of sp³-hybridized carbons (Fsp3) is 0.355. The standard InChI is InChI=1S/C31H36N4O7S/c1-23(31(37)32-25-10-5-3-6-11-25)33(21-24-16-18-28(42-2)19-17-24)30(36)22-34(26-12-9-13-27(20-26)35(38)39)43(40,41)29-14-7-4-8-15-29/h4,7-9,12-20,23,25H,3,5-6,10-11,21-22H2,1-2H3,(H,32,37). The Labute approximate surface area is 251 Å². The van der Waals surface area contributed by atoms with Crippen LogP contribution in [-0.4, -0.2) is 55.8 Å². The fourth-order valence-electron chi connectivity index (χ4n) is 5.09. The zero-order valence-electron chi connectivity index (χ0n) is 24.2. The highest BCUT2D eigenvalue weighted by Gasteiger charge is 2.33. The first-order valence-electron chi connectivity index (χ1n) is 14.1. The van der Waals surface area contributed by atoms with Gasteiger partial charge in [-0.05, 0) is 55.7 Å². The molecule has 11 nitrogen and oxygen atoms in total. The summed E-state index contributed by atoms with van der Waals surface area (Å²) < 4.78 is 33.8. The number of nitro benzene ring substituents is 1. The molecule has 0 aromatic heterocycles.